The van der Waals surface area contributed by atoms with Crippen molar-refractivity contribution in [3.63, 3.8) is 0 Å². The molecule has 2 heterocycles. The summed E-state index contributed by atoms with van der Waals surface area (Å²) in [4.78, 5) is 26.6. The molecule has 1 saturated carbocycles. The largest absolute Gasteiger partial charge is 0.361 e. The molecule has 1 atom stereocenters. The number of hydrogen-bond acceptors (Lipinski definition) is 4. The molecule has 0 spiro atoms. The van der Waals surface area contributed by atoms with Gasteiger partial charge < -0.3 is 14.7 Å². The van der Waals surface area contributed by atoms with E-state index in [9.17, 15) is 9.59 Å². The van der Waals surface area contributed by atoms with E-state index in [4.69, 9.17) is 4.52 Å². The van der Waals surface area contributed by atoms with Gasteiger partial charge in [-0.15, -0.1) is 0 Å². The van der Waals surface area contributed by atoms with Gasteiger partial charge >= 0.3 is 0 Å². The fourth-order valence-corrected chi connectivity index (χ4v) is 3.85. The first kappa shape index (κ1) is 17.0. The molecular weight excluding hydrogens is 306 g/mol. The molecule has 1 aliphatic carbocycles. The molecule has 132 valence electrons. The van der Waals surface area contributed by atoms with Crippen molar-refractivity contribution >= 4 is 11.8 Å². The first-order chi connectivity index (χ1) is 11.7. The minimum Gasteiger partial charge on any atom is -0.361 e. The first-order valence-electron chi connectivity index (χ1n) is 9.19. The molecular formula is C18H27N3O3. The maximum atomic E-state index is 12.4. The summed E-state index contributed by atoms with van der Waals surface area (Å²) in [6.45, 7) is 3.50. The molecule has 1 aromatic rings. The number of aromatic nitrogens is 1. The van der Waals surface area contributed by atoms with Crippen molar-refractivity contribution < 1.29 is 14.1 Å². The molecule has 24 heavy (non-hydrogen) atoms. The van der Waals surface area contributed by atoms with Crippen molar-refractivity contribution in [2.75, 3.05) is 13.1 Å². The van der Waals surface area contributed by atoms with Crippen LogP contribution in [0.4, 0.5) is 0 Å². The van der Waals surface area contributed by atoms with E-state index in [1.165, 1.54) is 38.3 Å². The average Bonchev–Trinajstić information content (AvgIpc) is 3.16. The number of rotatable bonds is 6. The zero-order chi connectivity index (χ0) is 16.9. The van der Waals surface area contributed by atoms with Crippen molar-refractivity contribution in [2.45, 2.75) is 64.3 Å². The van der Waals surface area contributed by atoms with Crippen LogP contribution in [0.1, 0.15) is 68.0 Å². The number of nitrogens with one attached hydrogen (secondary N) is 1. The summed E-state index contributed by atoms with van der Waals surface area (Å²) in [6, 6.07) is -0.113. The van der Waals surface area contributed by atoms with Crippen LogP contribution in [0.3, 0.4) is 0 Å². The van der Waals surface area contributed by atoms with Crippen LogP contribution in [0.5, 0.6) is 0 Å². The Balaban J connectivity index is 1.53. The normalized spacial score (nSPS) is 22.1. The van der Waals surface area contributed by atoms with E-state index >= 15 is 0 Å². The molecule has 1 unspecified atom stereocenters. The summed E-state index contributed by atoms with van der Waals surface area (Å²) >= 11 is 0. The zero-order valence-electron chi connectivity index (χ0n) is 14.4. The van der Waals surface area contributed by atoms with Gasteiger partial charge in [0.05, 0.1) is 12.2 Å². The standard InChI is InChI=1S/C18H27N3O3/c1-2-6-16-15(10-19-24-16)18(23)20-14-9-17(22)21(12-14)11-13-7-4-3-5-8-13/h10,13-14H,2-9,11-12H2,1H3,(H,20,23). The van der Waals surface area contributed by atoms with Gasteiger partial charge in [0, 0.05) is 25.9 Å². The fraction of sp³-hybridized carbons (Fsp3) is 0.722. The highest BCUT2D eigenvalue weighted by Crippen LogP contribution is 2.26. The van der Waals surface area contributed by atoms with Gasteiger partial charge in [-0.2, -0.15) is 0 Å². The van der Waals surface area contributed by atoms with Gasteiger partial charge in [0.25, 0.3) is 5.91 Å². The van der Waals surface area contributed by atoms with E-state index in [1.54, 1.807) is 0 Å². The second-order valence-electron chi connectivity index (χ2n) is 7.09. The van der Waals surface area contributed by atoms with Crippen LogP contribution in [0, 0.1) is 5.92 Å². The fourth-order valence-electron chi connectivity index (χ4n) is 3.85. The van der Waals surface area contributed by atoms with Gasteiger partial charge in [-0.25, -0.2) is 0 Å². The van der Waals surface area contributed by atoms with Crippen molar-refractivity contribution in [3.05, 3.63) is 17.5 Å². The lowest BCUT2D eigenvalue weighted by Crippen LogP contribution is -2.38. The maximum Gasteiger partial charge on any atom is 0.256 e. The number of aryl methyl sites for hydroxylation is 1. The molecule has 6 heteroatoms. The average molecular weight is 333 g/mol. The van der Waals surface area contributed by atoms with Crippen LogP contribution in [0.25, 0.3) is 0 Å². The van der Waals surface area contributed by atoms with Gasteiger partial charge in [0.1, 0.15) is 11.3 Å². The third kappa shape index (κ3) is 3.97. The number of carbonyl (C=O) groups is 2. The number of amides is 2. The van der Waals surface area contributed by atoms with Crippen LogP contribution in [0.15, 0.2) is 10.7 Å². The summed E-state index contributed by atoms with van der Waals surface area (Å²) in [7, 11) is 0. The minimum absolute atomic E-state index is 0.113. The summed E-state index contributed by atoms with van der Waals surface area (Å²) in [6.07, 6.45) is 9.78. The van der Waals surface area contributed by atoms with Gasteiger partial charge in [-0.05, 0) is 25.2 Å². The van der Waals surface area contributed by atoms with Crippen LogP contribution in [-0.2, 0) is 11.2 Å². The predicted molar refractivity (Wildman–Crippen MR) is 89.5 cm³/mol. The van der Waals surface area contributed by atoms with Gasteiger partial charge in [-0.1, -0.05) is 31.3 Å². The van der Waals surface area contributed by atoms with E-state index in [-0.39, 0.29) is 17.9 Å². The number of hydrogen-bond donors (Lipinski definition) is 1. The Morgan fingerprint density at radius 3 is 2.92 bits per heavy atom. The topological polar surface area (TPSA) is 75.4 Å². The Morgan fingerprint density at radius 2 is 2.17 bits per heavy atom. The van der Waals surface area contributed by atoms with E-state index in [1.807, 2.05) is 11.8 Å². The third-order valence-electron chi connectivity index (χ3n) is 5.12. The van der Waals surface area contributed by atoms with Gasteiger partial charge in [0.2, 0.25) is 5.91 Å². The Hall–Kier alpha value is -1.85. The van der Waals surface area contributed by atoms with E-state index in [0.29, 0.717) is 36.6 Å². The van der Waals surface area contributed by atoms with Crippen molar-refractivity contribution in [3.8, 4) is 0 Å². The minimum atomic E-state index is -0.183. The molecule has 0 aromatic carbocycles. The van der Waals surface area contributed by atoms with Crippen LogP contribution < -0.4 is 5.32 Å². The maximum absolute atomic E-state index is 12.4. The van der Waals surface area contributed by atoms with E-state index in [2.05, 4.69) is 10.5 Å². The zero-order valence-corrected chi connectivity index (χ0v) is 14.4. The summed E-state index contributed by atoms with van der Waals surface area (Å²) < 4.78 is 5.15. The van der Waals surface area contributed by atoms with Crippen LogP contribution >= 0.6 is 0 Å². The molecule has 0 bridgehead atoms. The molecule has 1 aromatic heterocycles. The lowest BCUT2D eigenvalue weighted by molar-refractivity contribution is -0.128. The number of likely N-dealkylation sites (tertiary alicyclic amines) is 1. The van der Waals surface area contributed by atoms with E-state index < -0.39 is 0 Å². The highest BCUT2D eigenvalue weighted by molar-refractivity contribution is 5.95. The van der Waals surface area contributed by atoms with Crippen LogP contribution in [0.2, 0.25) is 0 Å². The molecule has 2 fully saturated rings. The Morgan fingerprint density at radius 1 is 1.38 bits per heavy atom. The molecule has 1 aliphatic heterocycles. The highest BCUT2D eigenvalue weighted by atomic mass is 16.5. The number of nitrogens with zero attached hydrogens (tertiary/aromatic N) is 2. The predicted octanol–water partition coefficient (Wildman–Crippen LogP) is 2.54. The second-order valence-corrected chi connectivity index (χ2v) is 7.09. The first-order valence-corrected chi connectivity index (χ1v) is 9.19. The molecule has 3 rings (SSSR count). The summed E-state index contributed by atoms with van der Waals surface area (Å²) in [5, 5.41) is 6.71. The SMILES string of the molecule is CCCc1oncc1C(=O)NC1CC(=O)N(CC2CCCCC2)C1. The Kier molecular flexibility index (Phi) is 5.53. The lowest BCUT2D eigenvalue weighted by atomic mass is 9.89. The van der Waals surface area contributed by atoms with Crippen molar-refractivity contribution in [2.24, 2.45) is 5.92 Å². The molecule has 1 N–H and O–H groups in total. The highest BCUT2D eigenvalue weighted by Gasteiger charge is 2.33. The molecule has 1 saturated heterocycles. The molecule has 2 aliphatic rings. The number of carbonyl (C=O) groups excluding carboxylic acids is 2. The smallest absolute Gasteiger partial charge is 0.256 e. The third-order valence-corrected chi connectivity index (χ3v) is 5.12. The molecule has 6 nitrogen and oxygen atoms in total. The van der Waals surface area contributed by atoms with Crippen LogP contribution in [-0.4, -0.2) is 41.0 Å². The van der Waals surface area contributed by atoms with Gasteiger partial charge in [0.15, 0.2) is 0 Å². The van der Waals surface area contributed by atoms with Crippen molar-refractivity contribution in [1.29, 1.82) is 0 Å². The summed E-state index contributed by atoms with van der Waals surface area (Å²) in [5.74, 6) is 1.23. The Labute approximate surface area is 142 Å². The van der Waals surface area contributed by atoms with Crippen molar-refractivity contribution in [1.82, 2.24) is 15.4 Å². The monoisotopic (exact) mass is 333 g/mol. The van der Waals surface area contributed by atoms with Gasteiger partial charge in [-0.3, -0.25) is 9.59 Å². The quantitative estimate of drug-likeness (QED) is 0.868. The summed E-state index contributed by atoms with van der Waals surface area (Å²) in [5.41, 5.74) is 0.495. The lowest BCUT2D eigenvalue weighted by Gasteiger charge is -2.27. The second kappa shape index (κ2) is 7.81. The molecule has 2 amide bonds. The molecule has 0 radical (unpaired) electrons. The van der Waals surface area contributed by atoms with E-state index in [0.717, 1.165) is 13.0 Å². The Bertz CT molecular complexity index is 578.